The third-order valence-electron chi connectivity index (χ3n) is 6.11. The number of pyridine rings is 1. The average molecular weight is 446 g/mol. The fourth-order valence-electron chi connectivity index (χ4n) is 4.47. The maximum absolute atomic E-state index is 14.4. The van der Waals surface area contributed by atoms with E-state index in [0.717, 1.165) is 42.0 Å². The Morgan fingerprint density at radius 2 is 1.79 bits per heavy atom. The van der Waals surface area contributed by atoms with E-state index in [1.54, 1.807) is 12.4 Å². The van der Waals surface area contributed by atoms with E-state index in [1.807, 2.05) is 30.5 Å². The normalized spacial score (nSPS) is 16.6. The van der Waals surface area contributed by atoms with Crippen LogP contribution < -0.4 is 10.2 Å². The lowest BCUT2D eigenvalue weighted by atomic mass is 10.1. The number of fused-ring (bicyclic) bond motifs is 1. The van der Waals surface area contributed by atoms with E-state index in [1.165, 1.54) is 31.0 Å². The predicted molar refractivity (Wildman–Crippen MR) is 128 cm³/mol. The molecule has 1 aliphatic heterocycles. The van der Waals surface area contributed by atoms with Crippen LogP contribution in [0, 0.1) is 17.6 Å². The van der Waals surface area contributed by atoms with Crippen molar-refractivity contribution in [1.82, 2.24) is 15.0 Å². The molecular formula is C26H25F2N5. The van der Waals surface area contributed by atoms with Crippen molar-refractivity contribution >= 4 is 28.0 Å². The van der Waals surface area contributed by atoms with Crippen molar-refractivity contribution in [3.8, 4) is 11.4 Å². The zero-order valence-electron chi connectivity index (χ0n) is 18.4. The van der Waals surface area contributed by atoms with Crippen molar-refractivity contribution in [2.45, 2.75) is 26.2 Å². The maximum atomic E-state index is 14.4. The number of nitrogens with zero attached hydrogens (tertiary/aromatic N) is 4. The first-order valence-corrected chi connectivity index (χ1v) is 11.3. The first-order chi connectivity index (χ1) is 16.1. The predicted octanol–water partition coefficient (Wildman–Crippen LogP) is 6.34. The molecule has 3 heterocycles. The minimum absolute atomic E-state index is 0.0140. The van der Waals surface area contributed by atoms with Crippen LogP contribution in [0.15, 0.2) is 61.1 Å². The van der Waals surface area contributed by atoms with Gasteiger partial charge in [-0.05, 0) is 43.0 Å². The summed E-state index contributed by atoms with van der Waals surface area (Å²) in [5.74, 6) is -0.744. The summed E-state index contributed by atoms with van der Waals surface area (Å²) in [6.07, 6.45) is 8.84. The van der Waals surface area contributed by atoms with Crippen LogP contribution in [-0.4, -0.2) is 28.0 Å². The largest absolute Gasteiger partial charge is 0.370 e. The van der Waals surface area contributed by atoms with Crippen LogP contribution >= 0.6 is 0 Å². The smallest absolute Gasteiger partial charge is 0.165 e. The number of aromatic nitrogens is 3. The summed E-state index contributed by atoms with van der Waals surface area (Å²) in [7, 11) is 0. The van der Waals surface area contributed by atoms with Gasteiger partial charge in [-0.2, -0.15) is 0 Å². The lowest BCUT2D eigenvalue weighted by Crippen LogP contribution is -2.27. The third-order valence-corrected chi connectivity index (χ3v) is 6.11. The molecule has 1 atom stereocenters. The highest BCUT2D eigenvalue weighted by atomic mass is 19.1. The summed E-state index contributed by atoms with van der Waals surface area (Å²) in [6, 6.07) is 11.5. The van der Waals surface area contributed by atoms with Gasteiger partial charge in [0.2, 0.25) is 0 Å². The molecule has 0 aliphatic carbocycles. The molecule has 0 radical (unpaired) electrons. The molecule has 7 heteroatoms. The van der Waals surface area contributed by atoms with E-state index in [-0.39, 0.29) is 11.4 Å². The van der Waals surface area contributed by atoms with Crippen molar-refractivity contribution in [2.75, 3.05) is 23.3 Å². The zero-order valence-corrected chi connectivity index (χ0v) is 18.4. The summed E-state index contributed by atoms with van der Waals surface area (Å²) in [6.45, 7) is 4.28. The lowest BCUT2D eigenvalue weighted by molar-refractivity contribution is 0.545. The van der Waals surface area contributed by atoms with Gasteiger partial charge in [-0.25, -0.2) is 18.7 Å². The van der Waals surface area contributed by atoms with Crippen LogP contribution in [0.5, 0.6) is 0 Å². The highest BCUT2D eigenvalue weighted by Crippen LogP contribution is 2.33. The van der Waals surface area contributed by atoms with Gasteiger partial charge in [0.1, 0.15) is 11.6 Å². The monoisotopic (exact) mass is 445 g/mol. The molecule has 168 valence electrons. The fourth-order valence-corrected chi connectivity index (χ4v) is 4.47. The first-order valence-electron chi connectivity index (χ1n) is 11.3. The Hall–Kier alpha value is -3.61. The SMILES string of the molecule is CC1CCCCN(c2ccncc2Nc2cccc3cnc(-c4c(F)cccc4F)nc23)C1. The summed E-state index contributed by atoms with van der Waals surface area (Å²) in [4.78, 5) is 15.5. The molecule has 2 aromatic heterocycles. The van der Waals surface area contributed by atoms with Crippen LogP contribution in [0.1, 0.15) is 26.2 Å². The van der Waals surface area contributed by atoms with E-state index < -0.39 is 11.6 Å². The van der Waals surface area contributed by atoms with Gasteiger partial charge in [-0.3, -0.25) is 4.98 Å². The summed E-state index contributed by atoms with van der Waals surface area (Å²) in [5, 5.41) is 4.25. The number of nitrogens with one attached hydrogen (secondary N) is 1. The van der Waals surface area contributed by atoms with E-state index in [0.29, 0.717) is 11.4 Å². The molecule has 1 fully saturated rings. The Kier molecular flexibility index (Phi) is 5.86. The summed E-state index contributed by atoms with van der Waals surface area (Å²) in [5.41, 5.74) is 3.05. The Morgan fingerprint density at radius 3 is 2.64 bits per heavy atom. The molecular weight excluding hydrogens is 420 g/mol. The van der Waals surface area contributed by atoms with Gasteiger partial charge in [-0.15, -0.1) is 0 Å². The molecule has 4 aromatic rings. The van der Waals surface area contributed by atoms with Crippen LogP contribution in [-0.2, 0) is 0 Å². The third kappa shape index (κ3) is 4.35. The molecule has 2 aromatic carbocycles. The Bertz CT molecular complexity index is 1270. The van der Waals surface area contributed by atoms with Crippen molar-refractivity contribution in [3.05, 3.63) is 72.7 Å². The van der Waals surface area contributed by atoms with Crippen LogP contribution in [0.3, 0.4) is 0 Å². The van der Waals surface area contributed by atoms with Crippen LogP contribution in [0.25, 0.3) is 22.3 Å². The lowest BCUT2D eigenvalue weighted by Gasteiger charge is -2.27. The second kappa shape index (κ2) is 9.10. The number of hydrogen-bond acceptors (Lipinski definition) is 5. The second-order valence-corrected chi connectivity index (χ2v) is 8.60. The van der Waals surface area contributed by atoms with E-state index in [9.17, 15) is 8.78 Å². The Balaban J connectivity index is 1.55. The summed E-state index contributed by atoms with van der Waals surface area (Å²) < 4.78 is 28.7. The molecule has 1 aliphatic rings. The van der Waals surface area contributed by atoms with Gasteiger partial charge in [-0.1, -0.05) is 31.5 Å². The number of halogens is 2. The average Bonchev–Trinajstić information content (AvgIpc) is 3.04. The van der Waals surface area contributed by atoms with Crippen molar-refractivity contribution in [1.29, 1.82) is 0 Å². The highest BCUT2D eigenvalue weighted by molar-refractivity contribution is 5.93. The van der Waals surface area contributed by atoms with Gasteiger partial charge < -0.3 is 10.2 Å². The molecule has 5 nitrogen and oxygen atoms in total. The number of para-hydroxylation sites is 1. The number of hydrogen-bond donors (Lipinski definition) is 1. The zero-order chi connectivity index (χ0) is 22.8. The van der Waals surface area contributed by atoms with Gasteiger partial charge in [0, 0.05) is 30.9 Å². The molecule has 0 spiro atoms. The Labute approximate surface area is 191 Å². The van der Waals surface area contributed by atoms with E-state index >= 15 is 0 Å². The fraction of sp³-hybridized carbons (Fsp3) is 0.269. The van der Waals surface area contributed by atoms with Gasteiger partial charge in [0.25, 0.3) is 0 Å². The van der Waals surface area contributed by atoms with Crippen LogP contribution in [0.4, 0.5) is 25.8 Å². The molecule has 5 rings (SSSR count). The molecule has 0 amide bonds. The quantitative estimate of drug-likeness (QED) is 0.397. The second-order valence-electron chi connectivity index (χ2n) is 8.60. The van der Waals surface area contributed by atoms with Crippen LogP contribution in [0.2, 0.25) is 0 Å². The highest BCUT2D eigenvalue weighted by Gasteiger charge is 2.19. The Morgan fingerprint density at radius 1 is 0.970 bits per heavy atom. The minimum Gasteiger partial charge on any atom is -0.370 e. The molecule has 1 N–H and O–H groups in total. The van der Waals surface area contributed by atoms with Crippen molar-refractivity contribution in [3.63, 3.8) is 0 Å². The van der Waals surface area contributed by atoms with Crippen molar-refractivity contribution in [2.24, 2.45) is 5.92 Å². The van der Waals surface area contributed by atoms with E-state index in [4.69, 9.17) is 0 Å². The number of benzene rings is 2. The van der Waals surface area contributed by atoms with Gasteiger partial charge >= 0.3 is 0 Å². The van der Waals surface area contributed by atoms with Gasteiger partial charge in [0.05, 0.1) is 34.3 Å². The molecule has 1 saturated heterocycles. The number of rotatable bonds is 4. The minimum atomic E-state index is -0.690. The standard InChI is InChI=1S/C26H25F2N5/c1-17-6-2-3-13-33(16-17)23-11-12-29-15-22(23)31-21-10-4-7-18-14-30-26(32-25(18)21)24-19(27)8-5-9-20(24)28/h4-5,7-12,14-15,17,31H,2-3,6,13,16H2,1H3. The summed E-state index contributed by atoms with van der Waals surface area (Å²) >= 11 is 0. The van der Waals surface area contributed by atoms with E-state index in [2.05, 4.69) is 32.1 Å². The van der Waals surface area contributed by atoms with Gasteiger partial charge in [0.15, 0.2) is 5.82 Å². The van der Waals surface area contributed by atoms with Crippen molar-refractivity contribution < 1.29 is 8.78 Å². The molecule has 0 saturated carbocycles. The molecule has 1 unspecified atom stereocenters. The maximum Gasteiger partial charge on any atom is 0.165 e. The topological polar surface area (TPSA) is 53.9 Å². The molecule has 33 heavy (non-hydrogen) atoms. The first kappa shape index (κ1) is 21.2. The number of anilines is 3. The molecule has 0 bridgehead atoms.